The van der Waals surface area contributed by atoms with E-state index in [2.05, 4.69) is 31.7 Å². The lowest BCUT2D eigenvalue weighted by Crippen LogP contribution is -2.28. The van der Waals surface area contributed by atoms with Crippen LogP contribution in [-0.2, 0) is 0 Å². The topological polar surface area (TPSA) is 53.0 Å². The Balaban J connectivity index is 3.00. The largest absolute Gasteiger partial charge is 0.399 e. The summed E-state index contributed by atoms with van der Waals surface area (Å²) in [5.41, 5.74) is 8.00. The highest BCUT2D eigenvalue weighted by atomic mass is 15.1. The summed E-state index contributed by atoms with van der Waals surface area (Å²) in [6.07, 6.45) is 1.15. The monoisotopic (exact) mass is 231 g/mol. The number of anilines is 2. The molecular formula is C14H21N3. The second kappa shape index (κ2) is 6.15. The summed E-state index contributed by atoms with van der Waals surface area (Å²) in [7, 11) is 0. The maximum absolute atomic E-state index is 9.15. The molecule has 92 valence electrons. The lowest BCUT2D eigenvalue weighted by molar-refractivity contribution is 0.548. The van der Waals surface area contributed by atoms with Gasteiger partial charge in [-0.15, -0.1) is 0 Å². The van der Waals surface area contributed by atoms with Gasteiger partial charge >= 0.3 is 0 Å². The molecule has 2 N–H and O–H groups in total. The third kappa shape index (κ3) is 3.39. The Morgan fingerprint density at radius 2 is 2.12 bits per heavy atom. The molecular weight excluding hydrogens is 210 g/mol. The van der Waals surface area contributed by atoms with Crippen LogP contribution in [0.25, 0.3) is 0 Å². The van der Waals surface area contributed by atoms with Crippen LogP contribution in [0.5, 0.6) is 0 Å². The van der Waals surface area contributed by atoms with Crippen LogP contribution in [0.15, 0.2) is 18.2 Å². The summed E-state index contributed by atoms with van der Waals surface area (Å²) in [6, 6.07) is 7.77. The molecule has 0 aliphatic carbocycles. The normalized spacial score (nSPS) is 11.9. The van der Waals surface area contributed by atoms with Crippen LogP contribution in [0.3, 0.4) is 0 Å². The second-order valence-corrected chi connectivity index (χ2v) is 4.44. The highest BCUT2D eigenvalue weighted by molar-refractivity contribution is 5.64. The fourth-order valence-corrected chi connectivity index (χ4v) is 1.82. The highest BCUT2D eigenvalue weighted by Crippen LogP contribution is 2.23. The van der Waals surface area contributed by atoms with Crippen molar-refractivity contribution < 1.29 is 0 Å². The van der Waals surface area contributed by atoms with Gasteiger partial charge in [-0.1, -0.05) is 20.3 Å². The number of hydrogen-bond donors (Lipinski definition) is 1. The predicted octanol–water partition coefficient (Wildman–Crippen LogP) is 3.01. The smallest absolute Gasteiger partial charge is 0.101 e. The Hall–Kier alpha value is -1.69. The maximum atomic E-state index is 9.15. The van der Waals surface area contributed by atoms with E-state index in [-0.39, 0.29) is 0 Å². The molecule has 0 aliphatic heterocycles. The molecule has 0 amide bonds. The minimum absolute atomic E-state index is 0.624. The number of hydrogen-bond acceptors (Lipinski definition) is 3. The van der Waals surface area contributed by atoms with E-state index in [1.807, 2.05) is 12.1 Å². The van der Waals surface area contributed by atoms with Crippen molar-refractivity contribution in [1.82, 2.24) is 0 Å². The molecule has 0 aliphatic rings. The van der Waals surface area contributed by atoms with Crippen molar-refractivity contribution in [2.75, 3.05) is 23.7 Å². The van der Waals surface area contributed by atoms with Crippen LogP contribution >= 0.6 is 0 Å². The number of rotatable bonds is 5. The van der Waals surface area contributed by atoms with E-state index in [9.17, 15) is 0 Å². The van der Waals surface area contributed by atoms with Gasteiger partial charge in [-0.3, -0.25) is 0 Å². The standard InChI is InChI=1S/C14H21N3/c1-4-11(3)10-17(5-2)14-7-6-13(16)8-12(14)9-15/h6-8,11H,4-5,10,16H2,1-3H3. The van der Waals surface area contributed by atoms with E-state index in [0.29, 0.717) is 17.2 Å². The summed E-state index contributed by atoms with van der Waals surface area (Å²) >= 11 is 0. The lowest BCUT2D eigenvalue weighted by atomic mass is 10.1. The zero-order valence-electron chi connectivity index (χ0n) is 10.9. The first-order valence-electron chi connectivity index (χ1n) is 6.16. The van der Waals surface area contributed by atoms with Crippen molar-refractivity contribution >= 4 is 11.4 Å². The van der Waals surface area contributed by atoms with Crippen LogP contribution in [-0.4, -0.2) is 13.1 Å². The molecule has 0 saturated carbocycles. The summed E-state index contributed by atoms with van der Waals surface area (Å²) in [5, 5.41) is 9.15. The molecule has 1 rings (SSSR count). The Morgan fingerprint density at radius 3 is 2.65 bits per heavy atom. The van der Waals surface area contributed by atoms with Crippen molar-refractivity contribution in [3.63, 3.8) is 0 Å². The van der Waals surface area contributed by atoms with Crippen LogP contribution in [0.1, 0.15) is 32.8 Å². The van der Waals surface area contributed by atoms with Gasteiger partial charge in [0.25, 0.3) is 0 Å². The number of nitrogens with two attached hydrogens (primary N) is 1. The first kappa shape index (κ1) is 13.4. The highest BCUT2D eigenvalue weighted by Gasteiger charge is 2.12. The van der Waals surface area contributed by atoms with Crippen molar-refractivity contribution in [3.05, 3.63) is 23.8 Å². The SMILES string of the molecule is CCC(C)CN(CC)c1ccc(N)cc1C#N. The molecule has 1 atom stereocenters. The molecule has 0 heterocycles. The molecule has 0 saturated heterocycles. The van der Waals surface area contributed by atoms with Crippen LogP contribution in [0.2, 0.25) is 0 Å². The van der Waals surface area contributed by atoms with Gasteiger partial charge in [0.1, 0.15) is 6.07 Å². The van der Waals surface area contributed by atoms with E-state index < -0.39 is 0 Å². The zero-order chi connectivity index (χ0) is 12.8. The van der Waals surface area contributed by atoms with E-state index in [0.717, 1.165) is 25.2 Å². The van der Waals surface area contributed by atoms with Gasteiger partial charge in [0.05, 0.1) is 11.3 Å². The number of benzene rings is 1. The van der Waals surface area contributed by atoms with Gasteiger partial charge in [0, 0.05) is 18.8 Å². The third-order valence-corrected chi connectivity index (χ3v) is 3.09. The van der Waals surface area contributed by atoms with Crippen LogP contribution < -0.4 is 10.6 Å². The molecule has 1 unspecified atom stereocenters. The predicted molar refractivity (Wildman–Crippen MR) is 72.9 cm³/mol. The van der Waals surface area contributed by atoms with Crippen molar-refractivity contribution in [1.29, 1.82) is 5.26 Å². The van der Waals surface area contributed by atoms with Gasteiger partial charge in [-0.25, -0.2) is 0 Å². The van der Waals surface area contributed by atoms with Gasteiger partial charge in [0.15, 0.2) is 0 Å². The van der Waals surface area contributed by atoms with Gasteiger partial charge in [0.2, 0.25) is 0 Å². The molecule has 0 fully saturated rings. The van der Waals surface area contributed by atoms with Gasteiger partial charge < -0.3 is 10.6 Å². The minimum atomic E-state index is 0.624. The Bertz CT molecular complexity index is 406. The van der Waals surface area contributed by atoms with E-state index in [1.165, 1.54) is 0 Å². The quantitative estimate of drug-likeness (QED) is 0.792. The molecule has 0 bridgehead atoms. The molecule has 0 spiro atoms. The van der Waals surface area contributed by atoms with Crippen molar-refractivity contribution in [3.8, 4) is 6.07 Å². The van der Waals surface area contributed by atoms with Crippen molar-refractivity contribution in [2.24, 2.45) is 5.92 Å². The number of nitrogens with zero attached hydrogens (tertiary/aromatic N) is 2. The van der Waals surface area contributed by atoms with Crippen molar-refractivity contribution in [2.45, 2.75) is 27.2 Å². The average Bonchev–Trinajstić information content (AvgIpc) is 2.35. The van der Waals surface area contributed by atoms with Gasteiger partial charge in [-0.2, -0.15) is 5.26 Å². The van der Waals surface area contributed by atoms with Crippen LogP contribution in [0.4, 0.5) is 11.4 Å². The number of nitriles is 1. The molecule has 17 heavy (non-hydrogen) atoms. The molecule has 3 nitrogen and oxygen atoms in total. The van der Waals surface area contributed by atoms with E-state index >= 15 is 0 Å². The second-order valence-electron chi connectivity index (χ2n) is 4.44. The molecule has 3 heteroatoms. The maximum Gasteiger partial charge on any atom is 0.101 e. The Labute approximate surface area is 104 Å². The first-order valence-corrected chi connectivity index (χ1v) is 6.16. The third-order valence-electron chi connectivity index (χ3n) is 3.09. The Morgan fingerprint density at radius 1 is 1.41 bits per heavy atom. The Kier molecular flexibility index (Phi) is 4.84. The summed E-state index contributed by atoms with van der Waals surface area (Å²) in [5.74, 6) is 0.624. The lowest BCUT2D eigenvalue weighted by Gasteiger charge is -2.27. The minimum Gasteiger partial charge on any atom is -0.399 e. The summed E-state index contributed by atoms with van der Waals surface area (Å²) < 4.78 is 0. The van der Waals surface area contributed by atoms with Gasteiger partial charge in [-0.05, 0) is 31.0 Å². The fraction of sp³-hybridized carbons (Fsp3) is 0.500. The summed E-state index contributed by atoms with van der Waals surface area (Å²) in [4.78, 5) is 2.24. The van der Waals surface area contributed by atoms with E-state index in [4.69, 9.17) is 11.0 Å². The zero-order valence-corrected chi connectivity index (χ0v) is 10.9. The molecule has 0 radical (unpaired) electrons. The van der Waals surface area contributed by atoms with E-state index in [1.54, 1.807) is 6.07 Å². The molecule has 1 aromatic rings. The molecule has 0 aromatic heterocycles. The number of nitrogen functional groups attached to an aromatic ring is 1. The van der Waals surface area contributed by atoms with Crippen LogP contribution in [0, 0.1) is 17.2 Å². The fourth-order valence-electron chi connectivity index (χ4n) is 1.82. The average molecular weight is 231 g/mol. The summed E-state index contributed by atoms with van der Waals surface area (Å²) in [6.45, 7) is 8.41. The molecule has 1 aromatic carbocycles. The first-order chi connectivity index (χ1) is 8.12.